The molecule has 44 heavy (non-hydrogen) atoms. The van der Waals surface area contributed by atoms with Crippen LogP contribution in [0.3, 0.4) is 0 Å². The highest BCUT2D eigenvalue weighted by atomic mass is 127. The Kier molecular flexibility index (Phi) is 14.5. The lowest BCUT2D eigenvalue weighted by Crippen LogP contribution is -2.56. The second-order valence-electron chi connectivity index (χ2n) is 12.9. The van der Waals surface area contributed by atoms with Crippen molar-refractivity contribution in [2.45, 2.75) is 115 Å². The number of carbonyl (C=O) groups excluding carboxylic acids is 3. The zero-order valence-corrected chi connectivity index (χ0v) is 29.3. The number of allylic oxidation sites excluding steroid dienone is 1. The molecule has 1 saturated carbocycles. The molecule has 3 fully saturated rings. The quantitative estimate of drug-likeness (QED) is 0.0535. The number of halogens is 1. The summed E-state index contributed by atoms with van der Waals surface area (Å²) in [6.45, 7) is 12.3. The van der Waals surface area contributed by atoms with E-state index in [1.54, 1.807) is 7.11 Å². The average Bonchev–Trinajstić information content (AvgIpc) is 3.88. The Hall–Kier alpha value is -1.68. The molecule has 0 aromatic heterocycles. The van der Waals surface area contributed by atoms with Crippen molar-refractivity contribution in [2.24, 2.45) is 11.8 Å². The van der Waals surface area contributed by atoms with Crippen LogP contribution in [-0.2, 0) is 28.5 Å². The van der Waals surface area contributed by atoms with Gasteiger partial charge in [0.05, 0.1) is 31.2 Å². The van der Waals surface area contributed by atoms with Crippen molar-refractivity contribution < 1.29 is 38.1 Å². The molecule has 12 nitrogen and oxygen atoms in total. The maximum Gasteiger partial charge on any atom is 0.407 e. The van der Waals surface area contributed by atoms with E-state index >= 15 is 0 Å². The van der Waals surface area contributed by atoms with Crippen LogP contribution < -0.4 is 19.5 Å². The van der Waals surface area contributed by atoms with Gasteiger partial charge in [-0.15, -0.1) is 0 Å². The molecule has 4 unspecified atom stereocenters. The van der Waals surface area contributed by atoms with Gasteiger partial charge in [-0.3, -0.25) is 8.32 Å². The fourth-order valence-corrected chi connectivity index (χ4v) is 6.50. The third-order valence-electron chi connectivity index (χ3n) is 8.92. The molecule has 0 radical (unpaired) electrons. The van der Waals surface area contributed by atoms with Crippen molar-refractivity contribution in [1.29, 1.82) is 0 Å². The largest absolute Gasteiger partial charge is 0.447 e. The summed E-state index contributed by atoms with van der Waals surface area (Å²) in [6.07, 6.45) is 6.19. The first-order chi connectivity index (χ1) is 21.0. The minimum Gasteiger partial charge on any atom is -0.447 e. The van der Waals surface area contributed by atoms with Crippen molar-refractivity contribution >= 4 is 41.0 Å². The highest BCUT2D eigenvalue weighted by Crippen LogP contribution is 2.59. The SMILES string of the molecule is COC1C(OC(=O)N[C@@H](COC(=O)NCCCCCCNC(=O)CNI)C(C)C)CC[C@]2(CO2)C1C1(C)O[C@@H]1CC=C(C)C. The molecule has 3 rings (SSSR count). The van der Waals surface area contributed by atoms with E-state index in [1.165, 1.54) is 5.57 Å². The summed E-state index contributed by atoms with van der Waals surface area (Å²) < 4.78 is 32.4. The maximum atomic E-state index is 13.1. The summed E-state index contributed by atoms with van der Waals surface area (Å²) in [5.41, 5.74) is 0.547. The molecule has 2 saturated heterocycles. The molecule has 0 aromatic carbocycles. The monoisotopic (exact) mass is 736 g/mol. The van der Waals surface area contributed by atoms with E-state index in [0.717, 1.165) is 38.5 Å². The highest BCUT2D eigenvalue weighted by molar-refractivity contribution is 14.1. The molecule has 3 amide bonds. The van der Waals surface area contributed by atoms with Gasteiger partial charge in [0.2, 0.25) is 5.91 Å². The zero-order valence-electron chi connectivity index (χ0n) is 27.2. The van der Waals surface area contributed by atoms with Crippen LogP contribution in [0.1, 0.15) is 79.6 Å². The van der Waals surface area contributed by atoms with Gasteiger partial charge in [0.25, 0.3) is 0 Å². The molecule has 1 spiro atoms. The predicted molar refractivity (Wildman–Crippen MR) is 174 cm³/mol. The van der Waals surface area contributed by atoms with Gasteiger partial charge in [0, 0.05) is 43.1 Å². The van der Waals surface area contributed by atoms with Crippen molar-refractivity contribution in [3.8, 4) is 0 Å². The van der Waals surface area contributed by atoms with Crippen molar-refractivity contribution in [3.05, 3.63) is 11.6 Å². The molecule has 7 atom stereocenters. The van der Waals surface area contributed by atoms with Crippen molar-refractivity contribution in [3.63, 3.8) is 0 Å². The molecule has 3 aliphatic rings. The van der Waals surface area contributed by atoms with E-state index in [2.05, 4.69) is 46.3 Å². The van der Waals surface area contributed by atoms with E-state index in [4.69, 9.17) is 23.7 Å². The van der Waals surface area contributed by atoms with Crippen LogP contribution in [0.25, 0.3) is 0 Å². The Morgan fingerprint density at radius 1 is 1.07 bits per heavy atom. The zero-order chi connectivity index (χ0) is 32.3. The summed E-state index contributed by atoms with van der Waals surface area (Å²) in [6, 6.07) is -0.415. The first-order valence-corrected chi connectivity index (χ1v) is 17.0. The van der Waals surface area contributed by atoms with Gasteiger partial charge in [-0.25, -0.2) is 9.59 Å². The van der Waals surface area contributed by atoms with Gasteiger partial charge in [-0.2, -0.15) is 0 Å². The molecular weight excluding hydrogens is 683 g/mol. The van der Waals surface area contributed by atoms with Crippen LogP contribution in [0.4, 0.5) is 9.59 Å². The fourth-order valence-electron chi connectivity index (χ4n) is 6.16. The van der Waals surface area contributed by atoms with Crippen LogP contribution in [0, 0.1) is 11.8 Å². The molecule has 1 aliphatic carbocycles. The van der Waals surface area contributed by atoms with Gasteiger partial charge in [0.15, 0.2) is 0 Å². The maximum absolute atomic E-state index is 13.1. The number of amides is 3. The van der Waals surface area contributed by atoms with E-state index in [9.17, 15) is 14.4 Å². The summed E-state index contributed by atoms with van der Waals surface area (Å²) in [5, 5.41) is 8.50. The van der Waals surface area contributed by atoms with Crippen molar-refractivity contribution in [2.75, 3.05) is 40.0 Å². The standard InChI is InChI=1S/C31H53IN4O8/c1-20(2)11-12-24-30(5,44-24)27-26(40-6)23(13-14-31(27)19-42-31)43-29(39)36-22(21(3)4)18-41-28(38)34-16-10-8-7-9-15-33-25(37)17-35-32/h11,21-24,26-27,35H,7-10,12-19H2,1-6H3,(H,33,37)(H,34,38)(H,36,39)/t22-,23?,24+,26?,27?,30?,31-/m0/s1. The average molecular weight is 737 g/mol. The number of rotatable bonds is 18. The molecule has 4 N–H and O–H groups in total. The summed E-state index contributed by atoms with van der Waals surface area (Å²) in [4.78, 5) is 36.7. The lowest BCUT2D eigenvalue weighted by Gasteiger charge is -2.42. The number of epoxide rings is 2. The Bertz CT molecular complexity index is 990. The topological polar surface area (TPSA) is 152 Å². The number of unbranched alkanes of at least 4 members (excludes halogenated alkanes) is 3. The molecular formula is C31H53IN4O8. The Labute approximate surface area is 276 Å². The summed E-state index contributed by atoms with van der Waals surface area (Å²) in [7, 11) is 1.65. The first kappa shape index (κ1) is 36.8. The normalized spacial score (nSPS) is 29.5. The second-order valence-corrected chi connectivity index (χ2v) is 13.7. The van der Waals surface area contributed by atoms with Gasteiger partial charge < -0.3 is 39.6 Å². The third-order valence-corrected chi connectivity index (χ3v) is 9.30. The van der Waals surface area contributed by atoms with Gasteiger partial charge in [-0.05, 0) is 58.8 Å². The van der Waals surface area contributed by atoms with Crippen molar-refractivity contribution in [1.82, 2.24) is 19.5 Å². The van der Waals surface area contributed by atoms with Crippen LogP contribution in [0.5, 0.6) is 0 Å². The van der Waals surface area contributed by atoms with Crippen LogP contribution in [-0.4, -0.2) is 93.6 Å². The number of hydrogen-bond donors (Lipinski definition) is 4. The minimum absolute atomic E-state index is 0.0126. The van der Waals surface area contributed by atoms with Gasteiger partial charge in [0.1, 0.15) is 30.0 Å². The number of carbonyl (C=O) groups is 3. The first-order valence-electron chi connectivity index (χ1n) is 15.9. The van der Waals surface area contributed by atoms with Crippen LogP contribution in [0.15, 0.2) is 11.6 Å². The van der Waals surface area contributed by atoms with E-state index < -0.39 is 29.9 Å². The number of nitrogens with one attached hydrogen (secondary N) is 4. The molecule has 0 bridgehead atoms. The lowest BCUT2D eigenvalue weighted by molar-refractivity contribution is -0.119. The predicted octanol–water partition coefficient (Wildman–Crippen LogP) is 4.16. The molecule has 13 heteroatoms. The van der Waals surface area contributed by atoms with Gasteiger partial charge >= 0.3 is 12.2 Å². The molecule has 2 heterocycles. The number of ether oxygens (including phenoxy) is 5. The molecule has 252 valence electrons. The number of hydrogen-bond acceptors (Lipinski definition) is 9. The Balaban J connectivity index is 1.40. The smallest absolute Gasteiger partial charge is 0.407 e. The molecule has 2 aliphatic heterocycles. The number of alkyl carbamates (subject to hydrolysis) is 2. The van der Waals surface area contributed by atoms with Gasteiger partial charge in [-0.1, -0.05) is 38.3 Å². The lowest BCUT2D eigenvalue weighted by atomic mass is 9.68. The Morgan fingerprint density at radius 3 is 2.34 bits per heavy atom. The highest BCUT2D eigenvalue weighted by Gasteiger charge is 2.72. The third kappa shape index (κ3) is 10.7. The van der Waals surface area contributed by atoms with E-state index in [1.807, 2.05) is 36.7 Å². The number of methoxy groups -OCH3 is 1. The minimum atomic E-state index is -0.559. The molecule has 0 aromatic rings. The summed E-state index contributed by atoms with van der Waals surface area (Å²) in [5.74, 6) is -0.0609. The second kappa shape index (κ2) is 17.3. The van der Waals surface area contributed by atoms with E-state index in [-0.39, 0.29) is 42.2 Å². The van der Waals surface area contributed by atoms with Crippen LogP contribution in [0.2, 0.25) is 0 Å². The van der Waals surface area contributed by atoms with E-state index in [0.29, 0.717) is 32.7 Å². The summed E-state index contributed by atoms with van der Waals surface area (Å²) >= 11 is 1.94. The van der Waals surface area contributed by atoms with Crippen LogP contribution >= 0.6 is 22.9 Å². The fraction of sp³-hybridized carbons (Fsp3) is 0.839. The Morgan fingerprint density at radius 2 is 1.75 bits per heavy atom.